The van der Waals surface area contributed by atoms with E-state index in [-0.39, 0.29) is 18.6 Å². The maximum Gasteiger partial charge on any atom is 0.248 e. The highest BCUT2D eigenvalue weighted by Crippen LogP contribution is 2.07. The molecule has 0 heterocycles. The monoisotopic (exact) mass is 236 g/mol. The minimum Gasteiger partial charge on any atom is -0.399 e. The fourth-order valence-corrected chi connectivity index (χ4v) is 1.33. The van der Waals surface area contributed by atoms with Gasteiger partial charge < -0.3 is 15.4 Å². The third kappa shape index (κ3) is 4.87. The van der Waals surface area contributed by atoms with Gasteiger partial charge in [-0.2, -0.15) is 0 Å². The lowest BCUT2D eigenvalue weighted by molar-refractivity contribution is -0.136. The van der Waals surface area contributed by atoms with Crippen molar-refractivity contribution in [1.82, 2.24) is 4.90 Å². The van der Waals surface area contributed by atoms with Crippen molar-refractivity contribution in [3.63, 3.8) is 0 Å². The van der Waals surface area contributed by atoms with Crippen LogP contribution in [0.3, 0.4) is 0 Å². The summed E-state index contributed by atoms with van der Waals surface area (Å²) < 4.78 is 5.27. The van der Waals surface area contributed by atoms with Gasteiger partial charge in [-0.1, -0.05) is 12.1 Å². The maximum atomic E-state index is 11.7. The molecule has 0 bridgehead atoms. The summed E-state index contributed by atoms with van der Waals surface area (Å²) in [6.07, 6.45) is 0.0730. The number of rotatable bonds is 5. The quantitative estimate of drug-likeness (QED) is 0.791. The highest BCUT2D eigenvalue weighted by atomic mass is 16.5. The zero-order valence-electron chi connectivity index (χ0n) is 10.6. The molecule has 1 amide bonds. The summed E-state index contributed by atoms with van der Waals surface area (Å²) in [7, 11) is 1.77. The van der Waals surface area contributed by atoms with Crippen LogP contribution in [-0.4, -0.2) is 30.6 Å². The second-order valence-electron chi connectivity index (χ2n) is 4.35. The summed E-state index contributed by atoms with van der Waals surface area (Å²) in [5.41, 5.74) is 7.38. The van der Waals surface area contributed by atoms with Gasteiger partial charge in [0, 0.05) is 19.3 Å². The first-order valence-electron chi connectivity index (χ1n) is 5.69. The molecule has 0 aliphatic rings. The van der Waals surface area contributed by atoms with E-state index in [1.54, 1.807) is 11.9 Å². The number of benzene rings is 1. The predicted molar refractivity (Wildman–Crippen MR) is 68.4 cm³/mol. The van der Waals surface area contributed by atoms with Crippen molar-refractivity contribution in [2.45, 2.75) is 26.5 Å². The molecule has 0 saturated heterocycles. The molecule has 0 saturated carbocycles. The number of anilines is 1. The number of ether oxygens (including phenoxy) is 1. The minimum atomic E-state index is -0.0180. The van der Waals surface area contributed by atoms with E-state index in [1.807, 2.05) is 38.1 Å². The topological polar surface area (TPSA) is 55.6 Å². The van der Waals surface area contributed by atoms with Crippen LogP contribution < -0.4 is 5.73 Å². The normalized spacial score (nSPS) is 10.6. The van der Waals surface area contributed by atoms with E-state index < -0.39 is 0 Å². The van der Waals surface area contributed by atoms with Gasteiger partial charge in [0.15, 0.2) is 0 Å². The lowest BCUT2D eigenvalue weighted by Gasteiger charge is -2.18. The molecular formula is C13H20N2O2. The highest BCUT2D eigenvalue weighted by Gasteiger charge is 2.10. The summed E-state index contributed by atoms with van der Waals surface area (Å²) in [6.45, 7) is 4.52. The van der Waals surface area contributed by atoms with E-state index in [0.717, 1.165) is 11.3 Å². The number of nitrogen functional groups attached to an aromatic ring is 1. The van der Waals surface area contributed by atoms with Crippen molar-refractivity contribution >= 4 is 11.6 Å². The molecule has 1 aromatic rings. The molecule has 0 unspecified atom stereocenters. The van der Waals surface area contributed by atoms with Crippen LogP contribution in [0.5, 0.6) is 0 Å². The van der Waals surface area contributed by atoms with Gasteiger partial charge in [-0.25, -0.2) is 0 Å². The van der Waals surface area contributed by atoms with E-state index in [2.05, 4.69) is 0 Å². The SMILES string of the molecule is CC(C)OCC(=O)N(C)Cc1ccc(N)cc1. The molecule has 0 spiro atoms. The minimum absolute atomic E-state index is 0.0180. The molecule has 0 radical (unpaired) electrons. The molecule has 2 N–H and O–H groups in total. The summed E-state index contributed by atoms with van der Waals surface area (Å²) in [5.74, 6) is -0.0180. The highest BCUT2D eigenvalue weighted by molar-refractivity contribution is 5.77. The molecule has 0 aliphatic carbocycles. The first kappa shape index (κ1) is 13.5. The molecule has 0 atom stereocenters. The van der Waals surface area contributed by atoms with E-state index in [4.69, 9.17) is 10.5 Å². The fourth-order valence-electron chi connectivity index (χ4n) is 1.33. The van der Waals surface area contributed by atoms with Crippen molar-refractivity contribution < 1.29 is 9.53 Å². The number of nitrogens with two attached hydrogens (primary N) is 1. The van der Waals surface area contributed by atoms with Gasteiger partial charge in [0.2, 0.25) is 5.91 Å². The lowest BCUT2D eigenvalue weighted by atomic mass is 10.2. The number of carbonyl (C=O) groups excluding carboxylic acids is 1. The molecule has 1 rings (SSSR count). The average molecular weight is 236 g/mol. The Hall–Kier alpha value is -1.55. The Bertz CT molecular complexity index is 360. The van der Waals surface area contributed by atoms with Crippen LogP contribution in [0.15, 0.2) is 24.3 Å². The van der Waals surface area contributed by atoms with Gasteiger partial charge in [0.05, 0.1) is 6.10 Å². The smallest absolute Gasteiger partial charge is 0.248 e. The Kier molecular flexibility index (Phi) is 4.97. The van der Waals surface area contributed by atoms with Gasteiger partial charge >= 0.3 is 0 Å². The number of hydrogen-bond donors (Lipinski definition) is 1. The molecule has 0 aromatic heterocycles. The Morgan fingerprint density at radius 1 is 1.35 bits per heavy atom. The first-order valence-corrected chi connectivity index (χ1v) is 5.69. The van der Waals surface area contributed by atoms with Gasteiger partial charge in [0.1, 0.15) is 6.61 Å². The molecule has 17 heavy (non-hydrogen) atoms. The Balaban J connectivity index is 2.45. The van der Waals surface area contributed by atoms with Crippen LogP contribution in [0.2, 0.25) is 0 Å². The van der Waals surface area contributed by atoms with Crippen molar-refractivity contribution in [2.75, 3.05) is 19.4 Å². The summed E-state index contributed by atoms with van der Waals surface area (Å²) >= 11 is 0. The van der Waals surface area contributed by atoms with Crippen LogP contribution in [0.1, 0.15) is 19.4 Å². The van der Waals surface area contributed by atoms with E-state index >= 15 is 0 Å². The molecule has 4 nitrogen and oxygen atoms in total. The summed E-state index contributed by atoms with van der Waals surface area (Å²) in [4.78, 5) is 13.3. The molecule has 0 aliphatic heterocycles. The molecule has 4 heteroatoms. The van der Waals surface area contributed by atoms with Crippen LogP contribution in [0, 0.1) is 0 Å². The van der Waals surface area contributed by atoms with Crippen LogP contribution in [-0.2, 0) is 16.1 Å². The van der Waals surface area contributed by atoms with Crippen molar-refractivity contribution in [3.8, 4) is 0 Å². The zero-order valence-corrected chi connectivity index (χ0v) is 10.6. The summed E-state index contributed by atoms with van der Waals surface area (Å²) in [6, 6.07) is 7.50. The second-order valence-corrected chi connectivity index (χ2v) is 4.35. The van der Waals surface area contributed by atoms with Crippen LogP contribution >= 0.6 is 0 Å². The third-order valence-electron chi connectivity index (χ3n) is 2.37. The van der Waals surface area contributed by atoms with E-state index in [1.165, 1.54) is 0 Å². The lowest BCUT2D eigenvalue weighted by Crippen LogP contribution is -2.30. The Labute approximate surface area is 102 Å². The molecule has 1 aromatic carbocycles. The van der Waals surface area contributed by atoms with E-state index in [9.17, 15) is 4.79 Å². The largest absolute Gasteiger partial charge is 0.399 e. The number of amides is 1. The number of hydrogen-bond acceptors (Lipinski definition) is 3. The molecule has 0 fully saturated rings. The van der Waals surface area contributed by atoms with Gasteiger partial charge in [-0.3, -0.25) is 4.79 Å². The average Bonchev–Trinajstić information content (AvgIpc) is 2.28. The van der Waals surface area contributed by atoms with Crippen molar-refractivity contribution in [3.05, 3.63) is 29.8 Å². The standard InChI is InChI=1S/C13H20N2O2/c1-10(2)17-9-13(16)15(3)8-11-4-6-12(14)7-5-11/h4-7,10H,8-9,14H2,1-3H3. The van der Waals surface area contributed by atoms with Crippen molar-refractivity contribution in [1.29, 1.82) is 0 Å². The van der Waals surface area contributed by atoms with Gasteiger partial charge in [-0.05, 0) is 31.5 Å². The Morgan fingerprint density at radius 3 is 2.47 bits per heavy atom. The summed E-state index contributed by atoms with van der Waals surface area (Å²) in [5, 5.41) is 0. The zero-order chi connectivity index (χ0) is 12.8. The molecular weight excluding hydrogens is 216 g/mol. The number of likely N-dealkylation sites (N-methyl/N-ethyl adjacent to an activating group) is 1. The van der Waals surface area contributed by atoms with Gasteiger partial charge in [-0.15, -0.1) is 0 Å². The van der Waals surface area contributed by atoms with Crippen LogP contribution in [0.4, 0.5) is 5.69 Å². The van der Waals surface area contributed by atoms with Crippen molar-refractivity contribution in [2.24, 2.45) is 0 Å². The number of carbonyl (C=O) groups is 1. The first-order chi connectivity index (χ1) is 7.99. The number of nitrogens with zero attached hydrogens (tertiary/aromatic N) is 1. The van der Waals surface area contributed by atoms with Gasteiger partial charge in [0.25, 0.3) is 0 Å². The Morgan fingerprint density at radius 2 is 1.94 bits per heavy atom. The molecule has 94 valence electrons. The maximum absolute atomic E-state index is 11.7. The van der Waals surface area contributed by atoms with Crippen LogP contribution in [0.25, 0.3) is 0 Å². The second kappa shape index (κ2) is 6.25. The third-order valence-corrected chi connectivity index (χ3v) is 2.37. The predicted octanol–water partition coefficient (Wildman–Crippen LogP) is 1.65. The fraction of sp³-hybridized carbons (Fsp3) is 0.462. The van der Waals surface area contributed by atoms with E-state index in [0.29, 0.717) is 6.54 Å².